The Balaban J connectivity index is 1.29. The van der Waals surface area contributed by atoms with Crippen molar-refractivity contribution in [3.05, 3.63) is 113 Å². The summed E-state index contributed by atoms with van der Waals surface area (Å²) in [5, 5.41) is 4.30. The maximum atomic E-state index is 13.0. The number of hydrogen-bond acceptors (Lipinski definition) is 5. The van der Waals surface area contributed by atoms with Crippen LogP contribution < -0.4 is 26.2 Å². The minimum absolute atomic E-state index is 0.0552. The van der Waals surface area contributed by atoms with Gasteiger partial charge in [-0.1, -0.05) is 23.7 Å². The number of hydrogen-bond donors (Lipinski definition) is 4. The smallest absolute Gasteiger partial charge is 0.417 e. The molecule has 0 atom stereocenters. The lowest BCUT2D eigenvalue weighted by molar-refractivity contribution is -0.137. The molecule has 9 nitrogen and oxygen atoms in total. The molecule has 216 valence electrons. The number of benzene rings is 3. The minimum Gasteiger partial charge on any atom is -0.457 e. The predicted octanol–water partition coefficient (Wildman–Crippen LogP) is 6.33. The van der Waals surface area contributed by atoms with Crippen LogP contribution in [0.5, 0.6) is 11.5 Å². The van der Waals surface area contributed by atoms with E-state index in [1.807, 2.05) is 0 Å². The zero-order valence-electron chi connectivity index (χ0n) is 21.3. The summed E-state index contributed by atoms with van der Waals surface area (Å²) in [5.74, 6) is -1.09. The van der Waals surface area contributed by atoms with Crippen molar-refractivity contribution in [3.8, 4) is 11.5 Å². The fourth-order valence-corrected chi connectivity index (χ4v) is 3.70. The highest BCUT2D eigenvalue weighted by Crippen LogP contribution is 2.36. The van der Waals surface area contributed by atoms with E-state index < -0.39 is 40.4 Å². The van der Waals surface area contributed by atoms with Gasteiger partial charge in [-0.05, 0) is 66.2 Å². The van der Waals surface area contributed by atoms with Crippen LogP contribution in [0.4, 0.5) is 33.7 Å². The maximum absolute atomic E-state index is 13.0. The van der Waals surface area contributed by atoms with Crippen molar-refractivity contribution in [1.29, 1.82) is 0 Å². The van der Waals surface area contributed by atoms with Crippen LogP contribution in [0, 0.1) is 5.82 Å². The van der Waals surface area contributed by atoms with Gasteiger partial charge in [0.05, 0.1) is 17.0 Å². The Hall–Kier alpha value is -5.17. The van der Waals surface area contributed by atoms with E-state index in [0.29, 0.717) is 17.0 Å². The fraction of sp³-hybridized carbons (Fsp3) is 0.0714. The van der Waals surface area contributed by atoms with E-state index in [4.69, 9.17) is 16.3 Å². The number of amides is 4. The first-order chi connectivity index (χ1) is 20.0. The lowest BCUT2D eigenvalue weighted by Gasteiger charge is -2.13. The average Bonchev–Trinajstić information content (AvgIpc) is 2.94. The molecule has 4 amide bonds. The van der Waals surface area contributed by atoms with Crippen LogP contribution >= 0.6 is 11.6 Å². The first kappa shape index (κ1) is 29.8. The number of aromatic nitrogens is 1. The molecule has 0 aliphatic heterocycles. The monoisotopic (exact) mass is 601 g/mol. The molecule has 14 heteroatoms. The van der Waals surface area contributed by atoms with E-state index in [9.17, 15) is 31.9 Å². The van der Waals surface area contributed by atoms with Crippen LogP contribution in [-0.4, -0.2) is 22.8 Å². The number of anilines is 2. The molecule has 4 rings (SSSR count). The molecule has 0 saturated heterocycles. The molecular weight excluding hydrogens is 582 g/mol. The summed E-state index contributed by atoms with van der Waals surface area (Å²) in [4.78, 5) is 40.7. The SMILES string of the molecule is O=C(Cc1ccc(F)cc1)NNC(=O)c1cc(Oc2ccc(NC(=O)Nc3ccc(Cl)c(C(F)(F)F)c3)cc2)ccn1. The van der Waals surface area contributed by atoms with E-state index in [1.165, 1.54) is 72.9 Å². The number of alkyl halides is 3. The Kier molecular flexibility index (Phi) is 9.22. The standard InChI is InChI=1S/C28H20ClF4N5O4/c29-23-10-7-19(14-22(23)28(31,32)33)36-27(41)35-18-5-8-20(9-6-18)42-21-11-12-34-24(15-21)26(40)38-37-25(39)13-16-1-3-17(30)4-2-16/h1-12,14-15H,13H2,(H,37,39)(H,38,40)(H2,35,36,41). The van der Waals surface area contributed by atoms with Crippen molar-refractivity contribution < 1.29 is 36.7 Å². The zero-order valence-corrected chi connectivity index (χ0v) is 22.0. The third-order valence-electron chi connectivity index (χ3n) is 5.43. The first-order valence-electron chi connectivity index (χ1n) is 12.0. The number of pyridine rings is 1. The van der Waals surface area contributed by atoms with Crippen molar-refractivity contribution in [2.75, 3.05) is 10.6 Å². The lowest BCUT2D eigenvalue weighted by Crippen LogP contribution is -2.42. The number of carbonyl (C=O) groups is 3. The normalized spacial score (nSPS) is 10.9. The lowest BCUT2D eigenvalue weighted by atomic mass is 10.1. The Morgan fingerprint density at radius 1 is 0.810 bits per heavy atom. The predicted molar refractivity (Wildman–Crippen MR) is 146 cm³/mol. The summed E-state index contributed by atoms with van der Waals surface area (Å²) >= 11 is 5.59. The van der Waals surface area contributed by atoms with Gasteiger partial charge in [0, 0.05) is 23.6 Å². The molecule has 0 spiro atoms. The van der Waals surface area contributed by atoms with Crippen LogP contribution in [0.3, 0.4) is 0 Å². The average molecular weight is 602 g/mol. The number of urea groups is 1. The molecule has 1 heterocycles. The van der Waals surface area contributed by atoms with Gasteiger partial charge in [-0.25, -0.2) is 9.18 Å². The number of nitrogens with one attached hydrogen (secondary N) is 4. The van der Waals surface area contributed by atoms with Crippen LogP contribution in [0.25, 0.3) is 0 Å². The number of nitrogens with zero attached hydrogens (tertiary/aromatic N) is 1. The summed E-state index contributed by atoms with van der Waals surface area (Å²) in [7, 11) is 0. The molecule has 42 heavy (non-hydrogen) atoms. The quantitative estimate of drug-likeness (QED) is 0.146. The summed E-state index contributed by atoms with van der Waals surface area (Å²) in [6.45, 7) is 0. The molecule has 0 radical (unpaired) electrons. The van der Waals surface area contributed by atoms with E-state index >= 15 is 0 Å². The van der Waals surface area contributed by atoms with Crippen molar-refractivity contribution in [2.45, 2.75) is 12.6 Å². The number of ether oxygens (including phenoxy) is 1. The second kappa shape index (κ2) is 13.0. The highest BCUT2D eigenvalue weighted by Gasteiger charge is 2.33. The Labute approximate surface area is 240 Å². The fourth-order valence-electron chi connectivity index (χ4n) is 3.48. The van der Waals surface area contributed by atoms with Gasteiger partial charge in [0.25, 0.3) is 5.91 Å². The second-order valence-corrected chi connectivity index (χ2v) is 8.99. The number of halogens is 5. The molecular formula is C28H20ClF4N5O4. The largest absolute Gasteiger partial charge is 0.457 e. The van der Waals surface area contributed by atoms with Crippen molar-refractivity contribution in [3.63, 3.8) is 0 Å². The van der Waals surface area contributed by atoms with E-state index in [1.54, 1.807) is 0 Å². The number of hydrazine groups is 1. The third kappa shape index (κ3) is 8.41. The van der Waals surface area contributed by atoms with Gasteiger partial charge in [0.2, 0.25) is 5.91 Å². The molecule has 4 N–H and O–H groups in total. The van der Waals surface area contributed by atoms with E-state index in [0.717, 1.165) is 12.1 Å². The zero-order chi connectivity index (χ0) is 30.3. The van der Waals surface area contributed by atoms with Gasteiger partial charge < -0.3 is 15.4 Å². The summed E-state index contributed by atoms with van der Waals surface area (Å²) in [6, 6.07) is 16.4. The first-order valence-corrected chi connectivity index (χ1v) is 12.4. The van der Waals surface area contributed by atoms with Crippen LogP contribution in [0.2, 0.25) is 5.02 Å². The topological polar surface area (TPSA) is 121 Å². The second-order valence-electron chi connectivity index (χ2n) is 8.58. The minimum atomic E-state index is -4.68. The van der Waals surface area contributed by atoms with Crippen LogP contribution in [0.15, 0.2) is 85.1 Å². The van der Waals surface area contributed by atoms with Gasteiger partial charge >= 0.3 is 12.2 Å². The van der Waals surface area contributed by atoms with Crippen molar-refractivity contribution >= 4 is 40.8 Å². The summed E-state index contributed by atoms with van der Waals surface area (Å²) in [5.41, 5.74) is 4.13. The molecule has 1 aromatic heterocycles. The van der Waals surface area contributed by atoms with E-state index in [2.05, 4.69) is 26.5 Å². The van der Waals surface area contributed by atoms with Crippen molar-refractivity contribution in [1.82, 2.24) is 15.8 Å². The van der Waals surface area contributed by atoms with Crippen LogP contribution in [-0.2, 0) is 17.4 Å². The van der Waals surface area contributed by atoms with Gasteiger partial charge in [-0.2, -0.15) is 13.2 Å². The molecule has 0 aliphatic carbocycles. The maximum Gasteiger partial charge on any atom is 0.417 e. The molecule has 0 aliphatic rings. The van der Waals surface area contributed by atoms with Gasteiger partial charge in [-0.3, -0.25) is 25.4 Å². The molecule has 0 unspecified atom stereocenters. The Morgan fingerprint density at radius 2 is 1.48 bits per heavy atom. The molecule has 0 fully saturated rings. The van der Waals surface area contributed by atoms with Gasteiger partial charge in [-0.15, -0.1) is 0 Å². The summed E-state index contributed by atoms with van der Waals surface area (Å²) in [6.07, 6.45) is -3.43. The third-order valence-corrected chi connectivity index (χ3v) is 5.76. The molecule has 3 aromatic carbocycles. The Bertz CT molecular complexity index is 1600. The molecule has 4 aromatic rings. The summed E-state index contributed by atoms with van der Waals surface area (Å²) < 4.78 is 57.8. The van der Waals surface area contributed by atoms with E-state index in [-0.39, 0.29) is 23.6 Å². The molecule has 0 bridgehead atoms. The van der Waals surface area contributed by atoms with Crippen molar-refractivity contribution in [2.24, 2.45) is 0 Å². The molecule has 0 saturated carbocycles. The Morgan fingerprint density at radius 3 is 2.17 bits per heavy atom. The number of rotatable bonds is 7. The van der Waals surface area contributed by atoms with Crippen LogP contribution in [0.1, 0.15) is 21.6 Å². The highest BCUT2D eigenvalue weighted by molar-refractivity contribution is 6.31. The van der Waals surface area contributed by atoms with Gasteiger partial charge in [0.15, 0.2) is 0 Å². The highest BCUT2D eigenvalue weighted by atomic mass is 35.5. The number of carbonyl (C=O) groups excluding carboxylic acids is 3. The van der Waals surface area contributed by atoms with Gasteiger partial charge in [0.1, 0.15) is 23.0 Å².